The van der Waals surface area contributed by atoms with Crippen molar-refractivity contribution in [3.05, 3.63) is 0 Å². The summed E-state index contributed by atoms with van der Waals surface area (Å²) >= 11 is -2.33. The normalized spacial score (nSPS) is 40.2. The van der Waals surface area contributed by atoms with E-state index in [1.54, 1.807) is 0 Å². The maximum absolute atomic E-state index is 10.5. The van der Waals surface area contributed by atoms with Crippen molar-refractivity contribution in [2.24, 2.45) is 11.8 Å². The van der Waals surface area contributed by atoms with Crippen LogP contribution in [0.15, 0.2) is 0 Å². The highest BCUT2D eigenvalue weighted by atomic mass is 32.2. The summed E-state index contributed by atoms with van der Waals surface area (Å²) in [5.74, 6) is 1.24. The highest BCUT2D eigenvalue weighted by molar-refractivity contribution is 7.74. The molecule has 82 valence electrons. The highest BCUT2D eigenvalue weighted by Crippen LogP contribution is 2.41. The first-order chi connectivity index (χ1) is 6.77. The molecule has 0 aliphatic heterocycles. The third-order valence-electron chi connectivity index (χ3n) is 3.71. The van der Waals surface area contributed by atoms with Gasteiger partial charge in [-0.1, -0.05) is 25.7 Å². The Hall–Kier alpha value is 0.0700. The van der Waals surface area contributed by atoms with Crippen molar-refractivity contribution < 1.29 is 12.9 Å². The summed E-state index contributed by atoms with van der Waals surface area (Å²) in [5.41, 5.74) is 0. The van der Waals surface area contributed by atoms with Gasteiger partial charge in [0.05, 0.1) is 17.5 Å². The first kappa shape index (κ1) is 10.6. The van der Waals surface area contributed by atoms with Crippen LogP contribution in [-0.4, -0.2) is 14.9 Å². The second-order valence-electron chi connectivity index (χ2n) is 4.48. The summed E-state index contributed by atoms with van der Waals surface area (Å²) in [6.45, 7) is 0. The Bertz CT molecular complexity index is 217. The van der Waals surface area contributed by atoms with E-state index >= 15 is 0 Å². The molecule has 14 heavy (non-hydrogen) atoms. The van der Waals surface area contributed by atoms with Gasteiger partial charge in [0.2, 0.25) is 0 Å². The van der Waals surface area contributed by atoms with Crippen molar-refractivity contribution in [3.63, 3.8) is 0 Å². The van der Waals surface area contributed by atoms with Crippen LogP contribution in [0.25, 0.3) is 0 Å². The quantitative estimate of drug-likeness (QED) is 0.666. The zero-order valence-electron chi connectivity index (χ0n) is 8.31. The van der Waals surface area contributed by atoms with Crippen molar-refractivity contribution >= 4 is 11.4 Å². The van der Waals surface area contributed by atoms with E-state index in [9.17, 15) is 8.76 Å². The number of rotatable bonds is 2. The first-order valence-corrected chi connectivity index (χ1v) is 6.54. The van der Waals surface area contributed by atoms with Crippen molar-refractivity contribution in [3.8, 4) is 0 Å². The maximum atomic E-state index is 10.5. The second-order valence-corrected chi connectivity index (χ2v) is 5.08. The minimum atomic E-state index is -2.33. The Balaban J connectivity index is 1.97. The molecule has 2 fully saturated rings. The van der Waals surface area contributed by atoms with E-state index in [1.807, 2.05) is 0 Å². The number of hydrogen-bond acceptors (Lipinski definition) is 3. The van der Waals surface area contributed by atoms with Gasteiger partial charge < -0.3 is 4.55 Å². The van der Waals surface area contributed by atoms with Gasteiger partial charge >= 0.3 is 0 Å². The Morgan fingerprint density at radius 3 is 2.57 bits per heavy atom. The molecular weight excluding hydrogens is 200 g/mol. The minimum Gasteiger partial charge on any atom is -0.750 e. The van der Waals surface area contributed by atoms with E-state index in [-0.39, 0.29) is 6.10 Å². The van der Waals surface area contributed by atoms with Crippen LogP contribution in [0.4, 0.5) is 0 Å². The van der Waals surface area contributed by atoms with Crippen molar-refractivity contribution in [1.82, 2.24) is 0 Å². The summed E-state index contributed by atoms with van der Waals surface area (Å²) in [5, 5.41) is 0. The minimum absolute atomic E-state index is 0.0209. The maximum Gasteiger partial charge on any atom is 0.0844 e. The van der Waals surface area contributed by atoms with Gasteiger partial charge in [-0.2, -0.15) is 0 Å². The summed E-state index contributed by atoms with van der Waals surface area (Å²) in [7, 11) is 0. The van der Waals surface area contributed by atoms with Gasteiger partial charge in [-0.15, -0.1) is 0 Å². The lowest BCUT2D eigenvalue weighted by Gasteiger charge is -2.40. The zero-order chi connectivity index (χ0) is 9.97. The Morgan fingerprint density at radius 1 is 1.07 bits per heavy atom. The number of hydrogen-bond donors (Lipinski definition) is 0. The second kappa shape index (κ2) is 4.73. The molecule has 2 rings (SSSR count). The summed E-state index contributed by atoms with van der Waals surface area (Å²) in [6, 6.07) is 0. The van der Waals surface area contributed by atoms with Gasteiger partial charge in [0.25, 0.3) is 0 Å². The molecule has 0 aromatic heterocycles. The summed E-state index contributed by atoms with van der Waals surface area (Å²) < 4.78 is 26.0. The molecule has 0 saturated heterocycles. The van der Waals surface area contributed by atoms with Crippen LogP contribution < -0.4 is 0 Å². The zero-order valence-corrected chi connectivity index (χ0v) is 9.13. The van der Waals surface area contributed by atoms with Gasteiger partial charge in [-0.3, -0.25) is 4.18 Å². The largest absolute Gasteiger partial charge is 0.750 e. The predicted molar refractivity (Wildman–Crippen MR) is 53.1 cm³/mol. The van der Waals surface area contributed by atoms with Crippen molar-refractivity contribution in [2.75, 3.05) is 0 Å². The fraction of sp³-hybridized carbons (Fsp3) is 1.00. The van der Waals surface area contributed by atoms with Gasteiger partial charge in [0, 0.05) is 0 Å². The topological polar surface area (TPSA) is 49.4 Å². The van der Waals surface area contributed by atoms with Gasteiger partial charge in [-0.05, 0) is 31.1 Å². The van der Waals surface area contributed by atoms with Crippen LogP contribution in [0, 0.1) is 11.8 Å². The standard InChI is InChI=1S/C10H18O3S/c11-14(12)13-10-7-3-5-8-4-1-2-6-9(8)10/h8-10H,1-7H2,(H,11,12)/p-1. The molecule has 2 aliphatic carbocycles. The highest BCUT2D eigenvalue weighted by Gasteiger charge is 2.35. The average molecular weight is 217 g/mol. The van der Waals surface area contributed by atoms with Gasteiger partial charge in [0.1, 0.15) is 0 Å². The van der Waals surface area contributed by atoms with Crippen molar-refractivity contribution in [2.45, 2.75) is 51.0 Å². The lowest BCUT2D eigenvalue weighted by molar-refractivity contribution is 0.0303. The molecular formula is C10H17O3S-. The van der Waals surface area contributed by atoms with E-state index in [0.717, 1.165) is 25.2 Å². The third kappa shape index (κ3) is 2.35. The third-order valence-corrected chi connectivity index (χ3v) is 4.12. The van der Waals surface area contributed by atoms with Crippen LogP contribution >= 0.6 is 0 Å². The predicted octanol–water partition coefficient (Wildman–Crippen LogP) is 2.16. The first-order valence-electron chi connectivity index (χ1n) is 5.54. The van der Waals surface area contributed by atoms with E-state index < -0.39 is 11.4 Å². The molecule has 2 saturated carbocycles. The molecule has 0 spiro atoms. The Morgan fingerprint density at radius 2 is 1.79 bits per heavy atom. The molecule has 2 aliphatic rings. The Kier molecular flexibility index (Phi) is 3.57. The monoisotopic (exact) mass is 217 g/mol. The lowest BCUT2D eigenvalue weighted by Crippen LogP contribution is -2.36. The van der Waals surface area contributed by atoms with Crippen LogP contribution in [0.2, 0.25) is 0 Å². The van der Waals surface area contributed by atoms with E-state index in [2.05, 4.69) is 0 Å². The van der Waals surface area contributed by atoms with Crippen LogP contribution in [0.1, 0.15) is 44.9 Å². The fourth-order valence-corrected chi connectivity index (χ4v) is 3.54. The SMILES string of the molecule is O=S([O-])OC1CCCC2CCCCC21. The van der Waals surface area contributed by atoms with Gasteiger partial charge in [0.15, 0.2) is 0 Å². The lowest BCUT2D eigenvalue weighted by atomic mass is 9.69. The number of fused-ring (bicyclic) bond motifs is 1. The fourth-order valence-electron chi connectivity index (χ4n) is 3.10. The molecule has 0 aromatic carbocycles. The average Bonchev–Trinajstić information content (AvgIpc) is 2.18. The summed E-state index contributed by atoms with van der Waals surface area (Å²) in [6.07, 6.45) is 8.30. The van der Waals surface area contributed by atoms with Crippen LogP contribution in [0.5, 0.6) is 0 Å². The van der Waals surface area contributed by atoms with E-state index in [1.165, 1.54) is 25.7 Å². The Labute approximate surface area is 87.7 Å². The molecule has 4 atom stereocenters. The van der Waals surface area contributed by atoms with Gasteiger partial charge in [-0.25, -0.2) is 4.21 Å². The molecule has 4 unspecified atom stereocenters. The molecule has 0 aromatic rings. The van der Waals surface area contributed by atoms with Crippen LogP contribution in [-0.2, 0) is 15.5 Å². The molecule has 0 heterocycles. The summed E-state index contributed by atoms with van der Waals surface area (Å²) in [4.78, 5) is 0. The van der Waals surface area contributed by atoms with E-state index in [4.69, 9.17) is 4.18 Å². The van der Waals surface area contributed by atoms with Crippen molar-refractivity contribution in [1.29, 1.82) is 0 Å². The van der Waals surface area contributed by atoms with E-state index in [0.29, 0.717) is 5.92 Å². The molecule has 0 bridgehead atoms. The smallest absolute Gasteiger partial charge is 0.0844 e. The van der Waals surface area contributed by atoms with Crippen LogP contribution in [0.3, 0.4) is 0 Å². The molecule has 0 radical (unpaired) electrons. The molecule has 0 amide bonds. The molecule has 4 heteroatoms. The molecule has 3 nitrogen and oxygen atoms in total. The molecule has 0 N–H and O–H groups in total.